The molecule has 0 spiro atoms. The third-order valence-electron chi connectivity index (χ3n) is 3.89. The van der Waals surface area contributed by atoms with Crippen LogP contribution >= 0.6 is 23.1 Å². The zero-order valence-electron chi connectivity index (χ0n) is 13.5. The molecule has 0 aromatic carbocycles. The quantitative estimate of drug-likeness (QED) is 0.719. The first-order chi connectivity index (χ1) is 10.9. The Hall–Kier alpha value is -0.870. The molecule has 1 amide bonds. The van der Waals surface area contributed by atoms with Gasteiger partial charge in [0.2, 0.25) is 11.0 Å². The fourth-order valence-electron chi connectivity index (χ4n) is 2.57. The summed E-state index contributed by atoms with van der Waals surface area (Å²) in [7, 11) is -1.24. The molecule has 7 nitrogen and oxygen atoms in total. The van der Waals surface area contributed by atoms with Crippen molar-refractivity contribution >= 4 is 44.0 Å². The van der Waals surface area contributed by atoms with E-state index >= 15 is 0 Å². The van der Waals surface area contributed by atoms with E-state index in [1.165, 1.54) is 23.1 Å². The maximum Gasteiger partial charge on any atom is 0.233 e. The predicted octanol–water partition coefficient (Wildman–Crippen LogP) is 1.49. The number of amides is 1. The van der Waals surface area contributed by atoms with E-state index in [0.29, 0.717) is 11.6 Å². The van der Waals surface area contributed by atoms with Crippen molar-refractivity contribution < 1.29 is 13.2 Å². The van der Waals surface area contributed by atoms with Crippen LogP contribution in [0, 0.1) is 0 Å². The lowest BCUT2D eigenvalue weighted by atomic mass is 10.1. The molecule has 1 aromatic heterocycles. The molecular weight excluding hydrogens is 356 g/mol. The summed E-state index contributed by atoms with van der Waals surface area (Å²) in [4.78, 5) is 14.4. The molecule has 2 heterocycles. The highest BCUT2D eigenvalue weighted by Crippen LogP contribution is 2.27. The van der Waals surface area contributed by atoms with Crippen molar-refractivity contribution in [1.82, 2.24) is 15.1 Å². The summed E-state index contributed by atoms with van der Waals surface area (Å²) in [5, 5.41) is 11.6. The van der Waals surface area contributed by atoms with E-state index in [1.54, 1.807) is 11.9 Å². The number of hydrogen-bond donors (Lipinski definition) is 1. The Bertz CT molecular complexity index is 647. The van der Waals surface area contributed by atoms with Gasteiger partial charge in [-0.2, -0.15) is 0 Å². The van der Waals surface area contributed by atoms with Crippen molar-refractivity contribution in [3.63, 3.8) is 0 Å². The molecule has 1 N–H and O–H groups in total. The molecule has 1 aromatic rings. The van der Waals surface area contributed by atoms with Crippen molar-refractivity contribution in [2.24, 2.45) is 0 Å². The van der Waals surface area contributed by atoms with Crippen LogP contribution in [-0.2, 0) is 14.6 Å². The zero-order chi connectivity index (χ0) is 17.0. The van der Waals surface area contributed by atoms with E-state index in [2.05, 4.69) is 15.5 Å². The number of nitrogens with zero attached hydrogens (tertiary/aromatic N) is 3. The van der Waals surface area contributed by atoms with Gasteiger partial charge in [-0.25, -0.2) is 8.42 Å². The van der Waals surface area contributed by atoms with Crippen LogP contribution in [0.2, 0.25) is 0 Å². The smallest absolute Gasteiger partial charge is 0.233 e. The zero-order valence-corrected chi connectivity index (χ0v) is 15.9. The van der Waals surface area contributed by atoms with E-state index < -0.39 is 9.84 Å². The molecule has 130 valence electrons. The van der Waals surface area contributed by atoms with E-state index in [4.69, 9.17) is 0 Å². The lowest BCUT2D eigenvalue weighted by Crippen LogP contribution is -2.47. The van der Waals surface area contributed by atoms with Crippen molar-refractivity contribution in [2.75, 3.05) is 29.6 Å². The third-order valence-corrected chi connectivity index (χ3v) is 7.70. The number of carbonyl (C=O) groups excluding carboxylic acids is 1. The first-order valence-corrected chi connectivity index (χ1v) is 11.1. The van der Waals surface area contributed by atoms with Gasteiger partial charge in [0.05, 0.1) is 17.3 Å². The number of hydrogen-bond acceptors (Lipinski definition) is 8. The van der Waals surface area contributed by atoms with Crippen molar-refractivity contribution in [3.05, 3.63) is 0 Å². The summed E-state index contributed by atoms with van der Waals surface area (Å²) in [5.74, 6) is 0.468. The average Bonchev–Trinajstić information content (AvgIpc) is 3.11. The van der Waals surface area contributed by atoms with Gasteiger partial charge in [0.15, 0.2) is 14.2 Å². The Labute approximate surface area is 145 Å². The Morgan fingerprint density at radius 1 is 1.52 bits per heavy atom. The maximum atomic E-state index is 12.6. The lowest BCUT2D eigenvalue weighted by molar-refractivity contribution is -0.132. The number of carbonyl (C=O) groups is 1. The van der Waals surface area contributed by atoms with E-state index in [0.717, 1.165) is 10.8 Å². The fraction of sp³-hybridized carbons (Fsp3) is 0.769. The SMILES string of the molecule is CC[C@@H](C)N(C(=O)CSc1nnc(NC)s1)[C@@H]1CCS(=O)(=O)C1. The van der Waals surface area contributed by atoms with Crippen LogP contribution < -0.4 is 5.32 Å². The van der Waals surface area contributed by atoms with Crippen molar-refractivity contribution in [1.29, 1.82) is 0 Å². The Kier molecular flexibility index (Phi) is 6.26. The first kappa shape index (κ1) is 18.5. The number of nitrogens with one attached hydrogen (secondary N) is 1. The standard InChI is InChI=1S/C13H22N4O3S3/c1-4-9(2)17(10-5-6-23(19,20)8-10)11(18)7-21-13-16-15-12(14-3)22-13/h9-10H,4-8H2,1-3H3,(H,14,15)/t9-,10-/m1/s1. The van der Waals surface area contributed by atoms with Crippen LogP contribution in [-0.4, -0.2) is 65.8 Å². The topological polar surface area (TPSA) is 92.3 Å². The van der Waals surface area contributed by atoms with Crippen molar-refractivity contribution in [3.8, 4) is 0 Å². The summed E-state index contributed by atoms with van der Waals surface area (Å²) < 4.78 is 24.2. The summed E-state index contributed by atoms with van der Waals surface area (Å²) in [6.07, 6.45) is 1.33. The highest BCUT2D eigenvalue weighted by Gasteiger charge is 2.36. The molecule has 0 bridgehead atoms. The molecule has 0 aliphatic carbocycles. The van der Waals surface area contributed by atoms with Gasteiger partial charge in [0, 0.05) is 19.1 Å². The number of thioether (sulfide) groups is 1. The molecule has 23 heavy (non-hydrogen) atoms. The van der Waals surface area contributed by atoms with Crippen LogP contribution in [0.3, 0.4) is 0 Å². The van der Waals surface area contributed by atoms with Crippen LogP contribution in [0.1, 0.15) is 26.7 Å². The van der Waals surface area contributed by atoms with Gasteiger partial charge in [-0.05, 0) is 19.8 Å². The van der Waals surface area contributed by atoms with Gasteiger partial charge in [0.25, 0.3) is 0 Å². The Balaban J connectivity index is 2.02. The van der Waals surface area contributed by atoms with E-state index in [9.17, 15) is 13.2 Å². The second-order valence-corrected chi connectivity index (χ2v) is 9.96. The van der Waals surface area contributed by atoms with Gasteiger partial charge in [-0.3, -0.25) is 4.79 Å². The number of rotatable bonds is 7. The molecule has 2 atom stereocenters. The molecule has 1 aliphatic heterocycles. The lowest BCUT2D eigenvalue weighted by Gasteiger charge is -2.33. The molecule has 1 aliphatic rings. The molecule has 0 radical (unpaired) electrons. The van der Waals surface area contributed by atoms with Gasteiger partial charge in [-0.1, -0.05) is 30.0 Å². The largest absolute Gasteiger partial charge is 0.363 e. The number of aromatic nitrogens is 2. The minimum absolute atomic E-state index is 0.0312. The molecular formula is C13H22N4O3S3. The first-order valence-electron chi connectivity index (χ1n) is 7.52. The molecule has 1 fully saturated rings. The highest BCUT2D eigenvalue weighted by molar-refractivity contribution is 8.01. The van der Waals surface area contributed by atoms with Gasteiger partial charge < -0.3 is 10.2 Å². The Morgan fingerprint density at radius 2 is 2.26 bits per heavy atom. The number of sulfone groups is 1. The predicted molar refractivity (Wildman–Crippen MR) is 93.8 cm³/mol. The molecule has 0 saturated carbocycles. The van der Waals surface area contributed by atoms with Crippen LogP contribution in [0.25, 0.3) is 0 Å². The fourth-order valence-corrected chi connectivity index (χ4v) is 5.85. The minimum Gasteiger partial charge on any atom is -0.363 e. The van der Waals surface area contributed by atoms with Gasteiger partial charge in [-0.15, -0.1) is 10.2 Å². The van der Waals surface area contributed by atoms with Crippen molar-refractivity contribution in [2.45, 2.75) is 43.1 Å². The monoisotopic (exact) mass is 378 g/mol. The van der Waals surface area contributed by atoms with E-state index in [1.807, 2.05) is 13.8 Å². The molecule has 10 heteroatoms. The molecule has 1 saturated heterocycles. The Morgan fingerprint density at radius 3 is 2.78 bits per heavy atom. The third kappa shape index (κ3) is 4.80. The van der Waals surface area contributed by atoms with Crippen LogP contribution in [0.5, 0.6) is 0 Å². The summed E-state index contributed by atoms with van der Waals surface area (Å²) >= 11 is 2.74. The molecule has 2 rings (SSSR count). The highest BCUT2D eigenvalue weighted by atomic mass is 32.2. The minimum atomic E-state index is -3.01. The average molecular weight is 379 g/mol. The van der Waals surface area contributed by atoms with E-state index in [-0.39, 0.29) is 35.2 Å². The van der Waals surface area contributed by atoms with Gasteiger partial charge in [0.1, 0.15) is 0 Å². The molecule has 0 unspecified atom stereocenters. The summed E-state index contributed by atoms with van der Waals surface area (Å²) in [6, 6.07) is -0.172. The maximum absolute atomic E-state index is 12.6. The van der Waals surface area contributed by atoms with Crippen LogP contribution in [0.15, 0.2) is 4.34 Å². The second-order valence-electron chi connectivity index (χ2n) is 5.53. The summed E-state index contributed by atoms with van der Waals surface area (Å²) in [5.41, 5.74) is 0. The normalized spacial score (nSPS) is 21.1. The second kappa shape index (κ2) is 7.80. The number of anilines is 1. The van der Waals surface area contributed by atoms with Gasteiger partial charge >= 0.3 is 0 Å². The summed E-state index contributed by atoms with van der Waals surface area (Å²) in [6.45, 7) is 3.98. The van der Waals surface area contributed by atoms with Crippen LogP contribution in [0.4, 0.5) is 5.13 Å².